The molecule has 0 saturated heterocycles. The lowest BCUT2D eigenvalue weighted by Gasteiger charge is -2.21. The summed E-state index contributed by atoms with van der Waals surface area (Å²) in [5.74, 6) is -0.654. The zero-order valence-electron chi connectivity index (χ0n) is 55.6. The molecule has 0 fully saturated rings. The fourth-order valence-electron chi connectivity index (χ4n) is 10.0. The molecule has 0 aliphatic carbocycles. The second-order valence-corrected chi connectivity index (χ2v) is 27.8. The van der Waals surface area contributed by atoms with E-state index in [1.807, 2.05) is 0 Å². The molecule has 0 heterocycles. The number of unbranched alkanes of at least 4 members (excludes halogenated alkanes) is 35. The first-order valence-electron chi connectivity index (χ1n) is 35.0. The van der Waals surface area contributed by atoms with Gasteiger partial charge in [-0.1, -0.05) is 286 Å². The summed E-state index contributed by atoms with van der Waals surface area (Å²) in [6.45, 7) is 9.46. The fourth-order valence-corrected chi connectivity index (χ4v) is 11.6. The molecule has 0 aliphatic heterocycles. The van der Waals surface area contributed by atoms with E-state index in [1.165, 1.54) is 148 Å². The summed E-state index contributed by atoms with van der Waals surface area (Å²) in [5.41, 5.74) is 0. The number of ether oxygens (including phenoxy) is 4. The van der Waals surface area contributed by atoms with Crippen molar-refractivity contribution in [3.05, 3.63) is 0 Å². The quantitative estimate of drug-likeness (QED) is 0.0222. The van der Waals surface area contributed by atoms with Gasteiger partial charge in [-0.05, 0) is 37.5 Å². The maximum Gasteiger partial charge on any atom is 0.472 e. The Morgan fingerprint density at radius 2 is 0.593 bits per heavy atom. The van der Waals surface area contributed by atoms with Gasteiger partial charge in [0.1, 0.15) is 19.3 Å². The predicted octanol–water partition coefficient (Wildman–Crippen LogP) is 18.8. The van der Waals surface area contributed by atoms with Crippen LogP contribution in [0.1, 0.15) is 337 Å². The molecule has 0 saturated carbocycles. The lowest BCUT2D eigenvalue weighted by Crippen LogP contribution is -2.30. The Morgan fingerprint density at radius 3 is 0.884 bits per heavy atom. The Kier molecular flexibility index (Phi) is 58.0. The minimum absolute atomic E-state index is 0.105. The van der Waals surface area contributed by atoms with Crippen molar-refractivity contribution < 1.29 is 80.2 Å². The molecule has 86 heavy (non-hydrogen) atoms. The molecule has 0 radical (unpaired) electrons. The van der Waals surface area contributed by atoms with Crippen molar-refractivity contribution >= 4 is 39.5 Å². The van der Waals surface area contributed by atoms with Gasteiger partial charge in [-0.25, -0.2) is 9.13 Å². The van der Waals surface area contributed by atoms with E-state index in [9.17, 15) is 43.2 Å². The van der Waals surface area contributed by atoms with Gasteiger partial charge in [0.2, 0.25) is 0 Å². The Bertz CT molecular complexity index is 1690. The molecular weight excluding hydrogens is 1140 g/mol. The SMILES string of the molecule is CCCCCCCCCCCCCCC(=O)OC[C@H](COP(=O)(O)OC[C@@H](O)COP(=O)(O)OC[C@@H](COC(=O)CCCCCCCCCC(C)C)OC(=O)CCCCCCCCCCCCCC)OC(=O)CCCCCCCCCCC(C)CC. The minimum Gasteiger partial charge on any atom is -0.462 e. The van der Waals surface area contributed by atoms with E-state index in [1.54, 1.807) is 0 Å². The minimum atomic E-state index is -4.95. The first kappa shape index (κ1) is 84.1. The highest BCUT2D eigenvalue weighted by Gasteiger charge is 2.30. The van der Waals surface area contributed by atoms with Crippen molar-refractivity contribution in [1.82, 2.24) is 0 Å². The fraction of sp³-hybridized carbons (Fsp3) is 0.940. The van der Waals surface area contributed by atoms with E-state index in [4.69, 9.17) is 37.0 Å². The molecule has 0 aromatic heterocycles. The van der Waals surface area contributed by atoms with Crippen LogP contribution in [-0.2, 0) is 65.4 Å². The smallest absolute Gasteiger partial charge is 0.462 e. The van der Waals surface area contributed by atoms with Gasteiger partial charge in [0.05, 0.1) is 26.4 Å². The van der Waals surface area contributed by atoms with Crippen molar-refractivity contribution in [3.63, 3.8) is 0 Å². The number of hydrogen-bond donors (Lipinski definition) is 3. The lowest BCUT2D eigenvalue weighted by molar-refractivity contribution is -0.161. The number of esters is 4. The second kappa shape index (κ2) is 59.4. The van der Waals surface area contributed by atoms with Crippen molar-refractivity contribution in [1.29, 1.82) is 0 Å². The van der Waals surface area contributed by atoms with Gasteiger partial charge in [0.15, 0.2) is 12.2 Å². The maximum absolute atomic E-state index is 13.0. The average Bonchev–Trinajstić information content (AvgIpc) is 3.68. The highest BCUT2D eigenvalue weighted by Crippen LogP contribution is 2.45. The summed E-state index contributed by atoms with van der Waals surface area (Å²) in [5, 5.41) is 10.6. The topological polar surface area (TPSA) is 237 Å². The molecule has 0 bridgehead atoms. The molecule has 0 spiro atoms. The molecule has 17 nitrogen and oxygen atoms in total. The van der Waals surface area contributed by atoms with Crippen LogP contribution in [0, 0.1) is 11.8 Å². The standard InChI is InChI=1S/C67H130O17P2/c1-7-10-12-14-16-18-20-22-24-31-37-43-49-64(69)77-55-62(84-67(72)52-46-40-33-27-26-30-36-42-48-60(6)9-3)57-81-85(73,74)79-53-61(68)54-80-86(75,76)82-58-63(56-78-65(70)50-44-38-34-28-29-35-41-47-59(4)5)83-66(71)51-45-39-32-25-23-21-19-17-15-13-11-8-2/h59-63,68H,7-58H2,1-6H3,(H,73,74)(H,75,76)/t60?,61-,62-,63-/m1/s1. The second-order valence-electron chi connectivity index (χ2n) is 24.9. The van der Waals surface area contributed by atoms with Gasteiger partial charge in [0.25, 0.3) is 0 Å². The van der Waals surface area contributed by atoms with Crippen molar-refractivity contribution in [2.45, 2.75) is 355 Å². The molecule has 3 N–H and O–H groups in total. The first-order chi connectivity index (χ1) is 41.4. The van der Waals surface area contributed by atoms with Crippen LogP contribution in [0.4, 0.5) is 0 Å². The van der Waals surface area contributed by atoms with Crippen LogP contribution in [0.2, 0.25) is 0 Å². The number of hydrogen-bond acceptors (Lipinski definition) is 15. The summed E-state index contributed by atoms with van der Waals surface area (Å²) in [6, 6.07) is 0. The van der Waals surface area contributed by atoms with Crippen LogP contribution in [0.25, 0.3) is 0 Å². The average molecular weight is 1270 g/mol. The molecule has 0 amide bonds. The molecule has 0 aromatic carbocycles. The summed E-state index contributed by atoms with van der Waals surface area (Å²) in [7, 11) is -9.89. The number of phosphoric acid groups is 2. The largest absolute Gasteiger partial charge is 0.472 e. The van der Waals surface area contributed by atoms with Crippen molar-refractivity contribution in [3.8, 4) is 0 Å². The lowest BCUT2D eigenvalue weighted by atomic mass is 9.99. The van der Waals surface area contributed by atoms with E-state index in [2.05, 4.69) is 41.5 Å². The van der Waals surface area contributed by atoms with E-state index in [-0.39, 0.29) is 25.7 Å². The molecule has 510 valence electrons. The Balaban J connectivity index is 5.26. The van der Waals surface area contributed by atoms with Crippen molar-refractivity contribution in [2.24, 2.45) is 11.8 Å². The summed E-state index contributed by atoms with van der Waals surface area (Å²) in [4.78, 5) is 72.4. The van der Waals surface area contributed by atoms with Gasteiger partial charge < -0.3 is 33.8 Å². The number of carbonyl (C=O) groups excluding carboxylic acids is 4. The van der Waals surface area contributed by atoms with Gasteiger partial charge in [-0.2, -0.15) is 0 Å². The zero-order chi connectivity index (χ0) is 63.6. The van der Waals surface area contributed by atoms with Crippen LogP contribution in [0.5, 0.6) is 0 Å². The number of phosphoric ester groups is 2. The highest BCUT2D eigenvalue weighted by atomic mass is 31.2. The van der Waals surface area contributed by atoms with Crippen LogP contribution in [0.15, 0.2) is 0 Å². The monoisotopic (exact) mass is 1270 g/mol. The number of carbonyl (C=O) groups is 4. The molecule has 3 unspecified atom stereocenters. The number of rotatable bonds is 66. The summed E-state index contributed by atoms with van der Waals surface area (Å²) < 4.78 is 68.1. The molecule has 0 rings (SSSR count). The summed E-state index contributed by atoms with van der Waals surface area (Å²) in [6.07, 6.45) is 42.9. The Hall–Kier alpha value is -1.94. The van der Waals surface area contributed by atoms with Crippen LogP contribution in [-0.4, -0.2) is 96.7 Å². The van der Waals surface area contributed by atoms with E-state index in [0.717, 1.165) is 102 Å². The molecular formula is C67H130O17P2. The van der Waals surface area contributed by atoms with E-state index < -0.39 is 97.5 Å². The van der Waals surface area contributed by atoms with E-state index in [0.29, 0.717) is 31.6 Å². The molecule has 0 aliphatic rings. The zero-order valence-corrected chi connectivity index (χ0v) is 57.4. The normalized spacial score (nSPS) is 14.5. The Labute approximate surface area is 524 Å². The molecule has 0 aromatic rings. The van der Waals surface area contributed by atoms with Crippen LogP contribution >= 0.6 is 15.6 Å². The van der Waals surface area contributed by atoms with Crippen LogP contribution in [0.3, 0.4) is 0 Å². The van der Waals surface area contributed by atoms with Gasteiger partial charge in [0, 0.05) is 25.7 Å². The molecule has 19 heteroatoms. The van der Waals surface area contributed by atoms with Crippen molar-refractivity contribution in [2.75, 3.05) is 39.6 Å². The third-order valence-electron chi connectivity index (χ3n) is 15.8. The maximum atomic E-state index is 13.0. The number of aliphatic hydroxyl groups is 1. The third-order valence-corrected chi connectivity index (χ3v) is 17.7. The van der Waals surface area contributed by atoms with Gasteiger partial charge in [-0.15, -0.1) is 0 Å². The third kappa shape index (κ3) is 59.7. The highest BCUT2D eigenvalue weighted by molar-refractivity contribution is 7.47. The van der Waals surface area contributed by atoms with Crippen LogP contribution < -0.4 is 0 Å². The number of aliphatic hydroxyl groups excluding tert-OH is 1. The Morgan fingerprint density at radius 1 is 0.337 bits per heavy atom. The van der Waals surface area contributed by atoms with Gasteiger partial charge in [-0.3, -0.25) is 37.3 Å². The van der Waals surface area contributed by atoms with Gasteiger partial charge >= 0.3 is 39.5 Å². The summed E-state index contributed by atoms with van der Waals surface area (Å²) >= 11 is 0. The van der Waals surface area contributed by atoms with E-state index >= 15 is 0 Å². The predicted molar refractivity (Wildman–Crippen MR) is 345 cm³/mol. The first-order valence-corrected chi connectivity index (χ1v) is 38.0. The molecule has 6 atom stereocenters.